The number of nitrogens with zero attached hydrogens (tertiary/aromatic N) is 4. The molecule has 1 unspecified atom stereocenters. The van der Waals surface area contributed by atoms with Crippen LogP contribution in [0.4, 0.5) is 5.82 Å². The van der Waals surface area contributed by atoms with Crippen LogP contribution in [0.2, 0.25) is 0 Å². The Labute approximate surface area is 141 Å². The lowest BCUT2D eigenvalue weighted by atomic mass is 10.1. The molecule has 1 amide bonds. The van der Waals surface area contributed by atoms with E-state index in [-0.39, 0.29) is 12.0 Å². The minimum atomic E-state index is -0.320. The van der Waals surface area contributed by atoms with Gasteiger partial charge in [0.25, 0.3) is 5.91 Å². The number of aliphatic hydroxyl groups is 1. The molecule has 1 saturated heterocycles. The Kier molecular flexibility index (Phi) is 4.80. The number of carbonyl (C=O) groups excluding carboxylic acids is 1. The normalized spacial score (nSPS) is 17.8. The van der Waals surface area contributed by atoms with Crippen molar-refractivity contribution < 1.29 is 9.90 Å². The molecule has 7 heteroatoms. The highest BCUT2D eigenvalue weighted by Crippen LogP contribution is 2.21. The quantitative estimate of drug-likeness (QED) is 0.875. The van der Waals surface area contributed by atoms with Crippen molar-refractivity contribution in [1.82, 2.24) is 20.1 Å². The first-order valence-electron chi connectivity index (χ1n) is 8.20. The molecule has 3 rings (SSSR count). The van der Waals surface area contributed by atoms with Gasteiger partial charge in [-0.05, 0) is 31.9 Å². The highest BCUT2D eigenvalue weighted by molar-refractivity contribution is 5.92. The first-order valence-corrected chi connectivity index (χ1v) is 8.20. The highest BCUT2D eigenvalue weighted by Gasteiger charge is 2.21. The molecule has 3 heterocycles. The summed E-state index contributed by atoms with van der Waals surface area (Å²) < 4.78 is 1.68. The van der Waals surface area contributed by atoms with Gasteiger partial charge in [0.1, 0.15) is 11.5 Å². The maximum absolute atomic E-state index is 12.3. The van der Waals surface area contributed by atoms with Crippen LogP contribution in [0.15, 0.2) is 24.4 Å². The fraction of sp³-hybridized carbons (Fsp3) is 0.471. The van der Waals surface area contributed by atoms with E-state index in [2.05, 4.69) is 20.3 Å². The molecular weight excluding hydrogens is 306 g/mol. The van der Waals surface area contributed by atoms with Crippen LogP contribution in [0.3, 0.4) is 0 Å². The van der Waals surface area contributed by atoms with Crippen molar-refractivity contribution in [2.24, 2.45) is 7.05 Å². The van der Waals surface area contributed by atoms with Gasteiger partial charge in [0.15, 0.2) is 0 Å². The number of pyridine rings is 1. The molecule has 1 atom stereocenters. The van der Waals surface area contributed by atoms with Crippen molar-refractivity contribution >= 4 is 11.7 Å². The average molecular weight is 329 g/mol. The van der Waals surface area contributed by atoms with Crippen molar-refractivity contribution in [2.45, 2.75) is 32.4 Å². The first-order chi connectivity index (χ1) is 11.5. The second-order valence-corrected chi connectivity index (χ2v) is 6.21. The Hall–Kier alpha value is -2.41. The summed E-state index contributed by atoms with van der Waals surface area (Å²) in [6.45, 7) is 3.74. The molecule has 2 aromatic rings. The maximum Gasteiger partial charge on any atom is 0.272 e. The SMILES string of the molecule is Cc1cc(C(=O)NCc2cccnc2N2CCCC(O)C2)nn1C. The van der Waals surface area contributed by atoms with E-state index < -0.39 is 0 Å². The van der Waals surface area contributed by atoms with Crippen molar-refractivity contribution in [1.29, 1.82) is 0 Å². The van der Waals surface area contributed by atoms with Crippen LogP contribution >= 0.6 is 0 Å². The van der Waals surface area contributed by atoms with E-state index in [1.54, 1.807) is 16.9 Å². The Morgan fingerprint density at radius 2 is 2.33 bits per heavy atom. The van der Waals surface area contributed by atoms with E-state index in [1.807, 2.05) is 26.1 Å². The molecule has 1 fully saturated rings. The fourth-order valence-electron chi connectivity index (χ4n) is 2.94. The lowest BCUT2D eigenvalue weighted by molar-refractivity contribution is 0.0945. The average Bonchev–Trinajstić information content (AvgIpc) is 2.92. The number of anilines is 1. The second-order valence-electron chi connectivity index (χ2n) is 6.21. The van der Waals surface area contributed by atoms with Gasteiger partial charge < -0.3 is 15.3 Å². The molecule has 2 aromatic heterocycles. The number of aromatic nitrogens is 3. The lowest BCUT2D eigenvalue weighted by Crippen LogP contribution is -2.39. The lowest BCUT2D eigenvalue weighted by Gasteiger charge is -2.32. The third-order valence-electron chi connectivity index (χ3n) is 4.35. The van der Waals surface area contributed by atoms with Crippen molar-refractivity contribution in [3.05, 3.63) is 41.3 Å². The summed E-state index contributed by atoms with van der Waals surface area (Å²) in [6, 6.07) is 5.57. The fourth-order valence-corrected chi connectivity index (χ4v) is 2.94. The zero-order valence-corrected chi connectivity index (χ0v) is 14.1. The van der Waals surface area contributed by atoms with Crippen molar-refractivity contribution in [3.63, 3.8) is 0 Å². The summed E-state index contributed by atoms with van der Waals surface area (Å²) in [6.07, 6.45) is 3.19. The predicted octanol–water partition coefficient (Wildman–Crippen LogP) is 1.01. The molecule has 0 spiro atoms. The zero-order chi connectivity index (χ0) is 17.1. The molecule has 0 bridgehead atoms. The van der Waals surface area contributed by atoms with E-state index in [0.717, 1.165) is 36.5 Å². The Bertz CT molecular complexity index is 708. The van der Waals surface area contributed by atoms with E-state index in [0.29, 0.717) is 18.8 Å². The summed E-state index contributed by atoms with van der Waals surface area (Å²) in [7, 11) is 1.81. The van der Waals surface area contributed by atoms with Gasteiger partial charge in [-0.15, -0.1) is 0 Å². The van der Waals surface area contributed by atoms with Gasteiger partial charge in [-0.1, -0.05) is 6.07 Å². The van der Waals surface area contributed by atoms with Gasteiger partial charge in [0.05, 0.1) is 6.10 Å². The molecule has 0 aromatic carbocycles. The third kappa shape index (κ3) is 3.56. The van der Waals surface area contributed by atoms with Gasteiger partial charge in [-0.3, -0.25) is 9.48 Å². The first kappa shape index (κ1) is 16.4. The monoisotopic (exact) mass is 329 g/mol. The molecule has 0 aliphatic carbocycles. The number of rotatable bonds is 4. The van der Waals surface area contributed by atoms with Gasteiger partial charge >= 0.3 is 0 Å². The van der Waals surface area contributed by atoms with Crippen molar-refractivity contribution in [3.8, 4) is 0 Å². The number of hydrogen-bond acceptors (Lipinski definition) is 5. The van der Waals surface area contributed by atoms with Crippen LogP contribution in [0.1, 0.15) is 34.6 Å². The number of hydrogen-bond donors (Lipinski definition) is 2. The zero-order valence-electron chi connectivity index (χ0n) is 14.1. The van der Waals surface area contributed by atoms with E-state index in [9.17, 15) is 9.90 Å². The topological polar surface area (TPSA) is 83.3 Å². The number of carbonyl (C=O) groups is 1. The molecule has 0 saturated carbocycles. The number of piperidine rings is 1. The number of aryl methyl sites for hydroxylation is 2. The van der Waals surface area contributed by atoms with Crippen LogP contribution in [-0.2, 0) is 13.6 Å². The van der Waals surface area contributed by atoms with Crippen LogP contribution in [0.5, 0.6) is 0 Å². The maximum atomic E-state index is 12.3. The van der Waals surface area contributed by atoms with Crippen LogP contribution in [-0.4, -0.2) is 45.0 Å². The predicted molar refractivity (Wildman–Crippen MR) is 90.8 cm³/mol. The number of amides is 1. The molecule has 7 nitrogen and oxygen atoms in total. The van der Waals surface area contributed by atoms with E-state index in [1.165, 1.54) is 0 Å². The minimum absolute atomic E-state index is 0.202. The molecule has 1 aliphatic heterocycles. The van der Waals surface area contributed by atoms with Crippen LogP contribution in [0.25, 0.3) is 0 Å². The van der Waals surface area contributed by atoms with Crippen LogP contribution in [0, 0.1) is 6.92 Å². The molecule has 128 valence electrons. The largest absolute Gasteiger partial charge is 0.391 e. The molecule has 24 heavy (non-hydrogen) atoms. The second kappa shape index (κ2) is 7.00. The number of aliphatic hydroxyl groups excluding tert-OH is 1. The highest BCUT2D eigenvalue weighted by atomic mass is 16.3. The molecular formula is C17H23N5O2. The molecule has 2 N–H and O–H groups in total. The molecule has 0 radical (unpaired) electrons. The van der Waals surface area contributed by atoms with Gasteiger partial charge in [-0.25, -0.2) is 4.98 Å². The van der Waals surface area contributed by atoms with E-state index >= 15 is 0 Å². The minimum Gasteiger partial charge on any atom is -0.391 e. The Morgan fingerprint density at radius 1 is 1.50 bits per heavy atom. The standard InChI is InChI=1S/C17H23N5O2/c1-12-9-15(20-21(12)2)17(24)19-10-13-5-3-7-18-16(13)22-8-4-6-14(23)11-22/h3,5,7,9,14,23H,4,6,8,10-11H2,1-2H3,(H,19,24). The number of β-amino-alcohol motifs (C(OH)–C–C–N with tert-alkyl or cyclic N) is 1. The molecule has 1 aliphatic rings. The van der Waals surface area contributed by atoms with Gasteiger partial charge in [0.2, 0.25) is 0 Å². The summed E-state index contributed by atoms with van der Waals surface area (Å²) in [4.78, 5) is 18.8. The van der Waals surface area contributed by atoms with Gasteiger partial charge in [0, 0.05) is 44.1 Å². The number of nitrogens with one attached hydrogen (secondary N) is 1. The summed E-state index contributed by atoms with van der Waals surface area (Å²) in [5.74, 6) is 0.626. The van der Waals surface area contributed by atoms with Gasteiger partial charge in [-0.2, -0.15) is 5.10 Å². The summed E-state index contributed by atoms with van der Waals surface area (Å²) >= 11 is 0. The van der Waals surface area contributed by atoms with E-state index in [4.69, 9.17) is 0 Å². The van der Waals surface area contributed by atoms with Crippen molar-refractivity contribution in [2.75, 3.05) is 18.0 Å². The third-order valence-corrected chi connectivity index (χ3v) is 4.35. The Balaban J connectivity index is 1.70. The van der Waals surface area contributed by atoms with Crippen LogP contribution < -0.4 is 10.2 Å². The summed E-state index contributed by atoms with van der Waals surface area (Å²) in [5, 5.41) is 17.0. The smallest absolute Gasteiger partial charge is 0.272 e. The Morgan fingerprint density at radius 3 is 3.04 bits per heavy atom. The summed E-state index contributed by atoms with van der Waals surface area (Å²) in [5.41, 5.74) is 2.28.